The summed E-state index contributed by atoms with van der Waals surface area (Å²) in [4.78, 5) is 51.6. The van der Waals surface area contributed by atoms with Crippen molar-refractivity contribution < 1.29 is 38.7 Å². The number of nitrogens with one attached hydrogen (secondary N) is 2. The number of hydrogen-bond acceptors (Lipinski definition) is 22. The van der Waals surface area contributed by atoms with Crippen molar-refractivity contribution in [1.82, 2.24) is 59.9 Å². The predicted octanol–water partition coefficient (Wildman–Crippen LogP) is 13.4. The lowest BCUT2D eigenvalue weighted by molar-refractivity contribution is 0.0581. The maximum atomic E-state index is 12.1. The first kappa shape index (κ1) is 66.6. The van der Waals surface area contributed by atoms with Gasteiger partial charge in [0, 0.05) is 41.3 Å². The van der Waals surface area contributed by atoms with Gasteiger partial charge in [0.2, 0.25) is 0 Å². The fraction of sp³-hybridized carbons (Fsp3) is 0.222. The zero-order valence-electron chi connectivity index (χ0n) is 53.8. The van der Waals surface area contributed by atoms with Crippen molar-refractivity contribution in [2.24, 2.45) is 0 Å². The predicted molar refractivity (Wildman–Crippen MR) is 374 cm³/mol. The van der Waals surface area contributed by atoms with Crippen molar-refractivity contribution in [3.8, 4) is 44.6 Å². The summed E-state index contributed by atoms with van der Waals surface area (Å²) in [7, 11) is 6.04. The molecule has 8 aromatic heterocycles. The molecule has 0 radical (unpaired) electrons. The SMILES string of the molecule is COC(=O)c1ccc2c(c1)CCC[C@]2(O)c1ncc(-c2cc(C)cc(Nc3cc(-c4cn(Cc5ccc(OC)cc5)nn4)ccn3)n2)s1.COC(=O)c1ccc2c(c1)CCC[C@]2(O)c1nccs1.COc1ccc(Cn2cc(-c3ccnc(Nc4cc(C)cc(Br)n4)c3)nn2)cc1. The van der Waals surface area contributed by atoms with Crippen LogP contribution in [0.4, 0.5) is 23.3 Å². The minimum atomic E-state index is -1.25. The number of ether oxygens (including phenoxy) is 4. The lowest BCUT2D eigenvalue weighted by atomic mass is 9.79. The quantitative estimate of drug-likeness (QED) is 0.0487. The van der Waals surface area contributed by atoms with Gasteiger partial charge in [0.15, 0.2) is 0 Å². The van der Waals surface area contributed by atoms with Gasteiger partial charge in [-0.25, -0.2) is 48.9 Å². The van der Waals surface area contributed by atoms with Crippen LogP contribution in [0.15, 0.2) is 181 Å². The molecule has 2 atom stereocenters. The van der Waals surface area contributed by atoms with E-state index in [1.54, 1.807) is 55.8 Å². The molecule has 0 amide bonds. The Hall–Kier alpha value is -10.4. The highest BCUT2D eigenvalue weighted by molar-refractivity contribution is 9.10. The molecule has 0 saturated carbocycles. The molecule has 97 heavy (non-hydrogen) atoms. The number of benzene rings is 4. The van der Waals surface area contributed by atoms with Gasteiger partial charge in [-0.2, -0.15) is 0 Å². The van der Waals surface area contributed by atoms with Crippen LogP contribution in [0.1, 0.15) is 101 Å². The summed E-state index contributed by atoms with van der Waals surface area (Å²) in [5, 5.41) is 49.9. The highest BCUT2D eigenvalue weighted by atomic mass is 79.9. The lowest BCUT2D eigenvalue weighted by Gasteiger charge is -2.33. The summed E-state index contributed by atoms with van der Waals surface area (Å²) in [6, 6.07) is 41.9. The Kier molecular flexibility index (Phi) is 20.4. The van der Waals surface area contributed by atoms with Crippen LogP contribution in [-0.2, 0) is 46.6 Å². The second kappa shape index (κ2) is 29.7. The molecule has 0 unspecified atom stereocenters. The van der Waals surface area contributed by atoms with E-state index in [0.717, 1.165) is 125 Å². The maximum Gasteiger partial charge on any atom is 0.337 e. The Bertz CT molecular complexity index is 4740. The van der Waals surface area contributed by atoms with E-state index in [9.17, 15) is 19.8 Å². The van der Waals surface area contributed by atoms with E-state index >= 15 is 0 Å². The standard InChI is InChI=1S/C36H33N7O4S.C21H19BrN6O.C15H15NO3S/c1-22-15-29(31-19-38-35(48-31)36(45)13-4-5-24-17-26(34(44)47-3)8-11-28(24)36)39-33(16-22)40-32-18-25(12-14-37-32)30-21-43(42-41-30)20-23-6-9-27(46-2)10-7-23;1-14-9-19(22)24-21(10-14)25-20-11-16(7-8-23-20)18-13-28(27-26-18)12-15-3-5-17(29-2)6-4-15;1-19-13(17)11-4-5-12-10(9-11)3-2-6-15(12,18)14-16-7-8-20-14/h6-12,14-19,21,45H,4-5,13,20H2,1-3H3,(H,37,39,40);3-11,13H,12H2,1-2H3,(H,23,24,25);4-5,7-9,18H,2-3,6H2,1H3/t36-;;15-/m1.1/s1. The van der Waals surface area contributed by atoms with Crippen molar-refractivity contribution >= 4 is 73.8 Å². The fourth-order valence-corrected chi connectivity index (χ4v) is 14.0. The zero-order valence-corrected chi connectivity index (χ0v) is 57.0. The molecule has 12 aromatic rings. The number of rotatable bonds is 17. The molecule has 4 N–H and O–H groups in total. The van der Waals surface area contributed by atoms with E-state index < -0.39 is 17.2 Å². The van der Waals surface area contributed by atoms with Gasteiger partial charge in [0.25, 0.3) is 0 Å². The average Bonchev–Trinajstić information content (AvgIpc) is 1.71. The molecule has 0 spiro atoms. The smallest absolute Gasteiger partial charge is 0.337 e. The Balaban J connectivity index is 0.000000154. The van der Waals surface area contributed by atoms with Crippen LogP contribution < -0.4 is 20.1 Å². The molecule has 4 aromatic carbocycles. The number of anilines is 4. The van der Waals surface area contributed by atoms with Crippen LogP contribution in [0.2, 0.25) is 0 Å². The van der Waals surface area contributed by atoms with Crippen LogP contribution in [0.25, 0.3) is 33.1 Å². The molecule has 2 aliphatic rings. The summed E-state index contributed by atoms with van der Waals surface area (Å²) in [6.45, 7) is 5.24. The average molecular weight is 1400 g/mol. The normalized spacial score (nSPS) is 15.3. The van der Waals surface area contributed by atoms with Crippen molar-refractivity contribution in [1.29, 1.82) is 0 Å². The monoisotopic (exact) mass is 1400 g/mol. The first-order valence-corrected chi connectivity index (χ1v) is 33.4. The molecular formula is C72H67BrN14O8S2. The second-order valence-corrected chi connectivity index (χ2v) is 25.9. The molecule has 0 fully saturated rings. The number of aliphatic hydroxyl groups is 2. The Morgan fingerprint density at radius 3 is 1.55 bits per heavy atom. The minimum absolute atomic E-state index is 0.351. The van der Waals surface area contributed by atoms with Crippen molar-refractivity contribution in [3.05, 3.63) is 246 Å². The number of carbonyl (C=O) groups excluding carboxylic acids is 2. The van der Waals surface area contributed by atoms with Crippen molar-refractivity contribution in [3.63, 3.8) is 0 Å². The number of fused-ring (bicyclic) bond motifs is 2. The molecule has 22 nitrogen and oxygen atoms in total. The number of pyridine rings is 4. The van der Waals surface area contributed by atoms with E-state index in [1.165, 1.54) is 36.9 Å². The molecule has 0 saturated heterocycles. The van der Waals surface area contributed by atoms with E-state index in [-0.39, 0.29) is 5.97 Å². The highest BCUT2D eigenvalue weighted by Crippen LogP contribution is 2.45. The topological polar surface area (TPSA) is 274 Å². The highest BCUT2D eigenvalue weighted by Gasteiger charge is 2.40. The largest absolute Gasteiger partial charge is 0.497 e. The Morgan fingerprint density at radius 2 is 1.06 bits per heavy atom. The number of thiazole rings is 2. The number of aromatic nitrogens is 12. The molecule has 2 aliphatic carbocycles. The molecule has 8 heterocycles. The molecule has 492 valence electrons. The summed E-state index contributed by atoms with van der Waals surface area (Å²) >= 11 is 6.29. The Labute approximate surface area is 575 Å². The van der Waals surface area contributed by atoms with Gasteiger partial charge in [-0.1, -0.05) is 46.8 Å². The molecule has 0 bridgehead atoms. The summed E-state index contributed by atoms with van der Waals surface area (Å²) in [5.41, 5.74) is 10.6. The summed E-state index contributed by atoms with van der Waals surface area (Å²) in [6.07, 6.45) is 15.2. The number of esters is 2. The van der Waals surface area contributed by atoms with Gasteiger partial charge >= 0.3 is 11.9 Å². The molecule has 25 heteroatoms. The first-order valence-electron chi connectivity index (χ1n) is 31.0. The van der Waals surface area contributed by atoms with Gasteiger partial charge in [-0.3, -0.25) is 0 Å². The van der Waals surface area contributed by atoms with Crippen LogP contribution in [-0.4, -0.2) is 110 Å². The summed E-state index contributed by atoms with van der Waals surface area (Å²) < 4.78 is 24.4. The van der Waals surface area contributed by atoms with Crippen LogP contribution in [0.5, 0.6) is 11.5 Å². The number of hydrogen-bond donors (Lipinski definition) is 4. The third-order valence-electron chi connectivity index (χ3n) is 16.4. The zero-order chi connectivity index (χ0) is 67.6. The second-order valence-electron chi connectivity index (χ2n) is 23.2. The third kappa shape index (κ3) is 15.6. The first-order chi connectivity index (χ1) is 47.0. The minimum Gasteiger partial charge on any atom is -0.497 e. The number of nitrogens with zero attached hydrogens (tertiary/aromatic N) is 12. The van der Waals surface area contributed by atoms with Crippen LogP contribution in [0, 0.1) is 13.8 Å². The maximum absolute atomic E-state index is 12.1. The van der Waals surface area contributed by atoms with Crippen LogP contribution in [0.3, 0.4) is 0 Å². The molecule has 0 aliphatic heterocycles. The molecular weight excluding hydrogens is 1330 g/mol. The van der Waals surface area contributed by atoms with Crippen LogP contribution >= 0.6 is 38.6 Å². The van der Waals surface area contributed by atoms with Crippen molar-refractivity contribution in [2.75, 3.05) is 39.1 Å². The van der Waals surface area contributed by atoms with Gasteiger partial charge in [-0.15, -0.1) is 32.9 Å². The van der Waals surface area contributed by atoms with Gasteiger partial charge < -0.3 is 39.8 Å². The third-order valence-corrected chi connectivity index (χ3v) is 18.9. The number of halogens is 1. The number of methoxy groups -OCH3 is 4. The van der Waals surface area contributed by atoms with Crippen molar-refractivity contribution in [2.45, 2.75) is 76.7 Å². The van der Waals surface area contributed by atoms with E-state index in [1.807, 2.05) is 158 Å². The number of carbonyl (C=O) groups is 2. The van der Waals surface area contributed by atoms with E-state index in [0.29, 0.717) is 64.5 Å². The number of aryl methyl sites for hydroxylation is 4. The lowest BCUT2D eigenvalue weighted by Crippen LogP contribution is -2.32. The Morgan fingerprint density at radius 1 is 0.557 bits per heavy atom. The van der Waals surface area contributed by atoms with E-state index in [2.05, 4.69) is 72.1 Å². The van der Waals surface area contributed by atoms with Gasteiger partial charge in [0.1, 0.15) is 72.0 Å². The summed E-state index contributed by atoms with van der Waals surface area (Å²) in [5.74, 6) is 3.56. The van der Waals surface area contributed by atoms with Gasteiger partial charge in [0.05, 0.1) is 75.6 Å². The molecule has 14 rings (SSSR count). The fourth-order valence-electron chi connectivity index (χ4n) is 11.7. The van der Waals surface area contributed by atoms with E-state index in [4.69, 9.17) is 23.9 Å². The van der Waals surface area contributed by atoms with Gasteiger partial charge in [-0.05, 0) is 210 Å².